The van der Waals surface area contributed by atoms with Gasteiger partial charge in [-0.2, -0.15) is 0 Å². The smallest absolute Gasteiger partial charge is 0.214 e. The average Bonchev–Trinajstić information content (AvgIpc) is 3.20. The Hall–Kier alpha value is -3.65. The summed E-state index contributed by atoms with van der Waals surface area (Å²) in [5.41, 5.74) is 2.87. The first-order valence-corrected chi connectivity index (χ1v) is 9.84. The van der Waals surface area contributed by atoms with Crippen molar-refractivity contribution >= 4 is 29.7 Å². The van der Waals surface area contributed by atoms with Gasteiger partial charge in [-0.1, -0.05) is 17.7 Å². The third-order valence-electron chi connectivity index (χ3n) is 4.91. The summed E-state index contributed by atoms with van der Waals surface area (Å²) in [6.45, 7) is 3.72. The maximum atomic E-state index is 14.7. The Balaban J connectivity index is 1.71. The van der Waals surface area contributed by atoms with Crippen LogP contribution in [0.1, 0.15) is 30.0 Å². The molecular weight excluding hydrogens is 419 g/mol. The number of fused-ring (bicyclic) bond motifs is 1. The van der Waals surface area contributed by atoms with E-state index in [1.54, 1.807) is 43.7 Å². The molecule has 4 aromatic rings. The van der Waals surface area contributed by atoms with Gasteiger partial charge in [0.1, 0.15) is 0 Å². The summed E-state index contributed by atoms with van der Waals surface area (Å²) in [7, 11) is 0. The average molecular weight is 437 g/mol. The van der Waals surface area contributed by atoms with Gasteiger partial charge in [-0.05, 0) is 49.8 Å². The van der Waals surface area contributed by atoms with Crippen LogP contribution in [-0.2, 0) is 4.79 Å². The molecule has 0 spiro atoms. The largest absolute Gasteiger partial charge is 0.311 e. The van der Waals surface area contributed by atoms with Crippen LogP contribution in [-0.4, -0.2) is 35.9 Å². The van der Waals surface area contributed by atoms with Gasteiger partial charge >= 0.3 is 0 Å². The van der Waals surface area contributed by atoms with Crippen LogP contribution in [0.25, 0.3) is 23.0 Å². The Morgan fingerprint density at radius 2 is 2.06 bits per heavy atom. The molecule has 1 atom stereocenters. The summed E-state index contributed by atoms with van der Waals surface area (Å²) in [5.74, 6) is -0.142. The highest BCUT2D eigenvalue weighted by atomic mass is 35.5. The molecule has 0 N–H and O–H groups in total. The molecule has 4 rings (SSSR count). The minimum atomic E-state index is -0.544. The van der Waals surface area contributed by atoms with Gasteiger partial charge < -0.3 is 4.90 Å². The number of carbonyl (C=O) groups is 1. The highest BCUT2D eigenvalue weighted by Crippen LogP contribution is 2.25. The van der Waals surface area contributed by atoms with Crippen LogP contribution in [0.5, 0.6) is 0 Å². The molecule has 7 nitrogen and oxygen atoms in total. The van der Waals surface area contributed by atoms with E-state index in [1.807, 2.05) is 19.1 Å². The Bertz CT molecular complexity index is 1270. The molecule has 0 aliphatic carbocycles. The lowest BCUT2D eigenvalue weighted by molar-refractivity contribution is -0.117. The highest BCUT2D eigenvalue weighted by molar-refractivity contribution is 6.30. The molecule has 0 fully saturated rings. The second-order valence-corrected chi connectivity index (χ2v) is 7.38. The molecule has 4 aromatic heterocycles. The Morgan fingerprint density at radius 3 is 2.77 bits per heavy atom. The number of rotatable bonds is 6. The molecular formula is C22H18ClFN6O. The van der Waals surface area contributed by atoms with Crippen molar-refractivity contribution in [1.29, 1.82) is 0 Å². The fraction of sp³-hybridized carbons (Fsp3) is 0.136. The molecule has 1 unspecified atom stereocenters. The normalized spacial score (nSPS) is 12.4. The van der Waals surface area contributed by atoms with Gasteiger partial charge in [0.05, 0.1) is 22.5 Å². The quantitative estimate of drug-likeness (QED) is 0.416. The second-order valence-electron chi connectivity index (χ2n) is 6.94. The number of halogens is 2. The molecule has 9 heteroatoms. The predicted octanol–water partition coefficient (Wildman–Crippen LogP) is 4.48. The van der Waals surface area contributed by atoms with E-state index in [4.69, 9.17) is 11.6 Å². The van der Waals surface area contributed by atoms with Crippen LogP contribution >= 0.6 is 11.6 Å². The second kappa shape index (κ2) is 8.61. The monoisotopic (exact) mass is 436 g/mol. The third kappa shape index (κ3) is 4.15. The zero-order chi connectivity index (χ0) is 22.0. The molecule has 0 aromatic carbocycles. The van der Waals surface area contributed by atoms with Crippen LogP contribution in [0, 0.1) is 12.7 Å². The van der Waals surface area contributed by atoms with Crippen molar-refractivity contribution in [1.82, 2.24) is 29.5 Å². The number of carbonyl (C=O) groups excluding carboxylic acids is 1. The third-order valence-corrected chi connectivity index (χ3v) is 5.13. The summed E-state index contributed by atoms with van der Waals surface area (Å²) >= 11 is 5.90. The lowest BCUT2D eigenvalue weighted by Gasteiger charge is -2.20. The van der Waals surface area contributed by atoms with Gasteiger partial charge in [-0.15, -0.1) is 10.2 Å². The van der Waals surface area contributed by atoms with Crippen molar-refractivity contribution in [2.45, 2.75) is 19.9 Å². The number of aryl methyl sites for hydroxylation is 1. The fourth-order valence-corrected chi connectivity index (χ4v) is 3.27. The van der Waals surface area contributed by atoms with Crippen molar-refractivity contribution in [2.24, 2.45) is 0 Å². The van der Waals surface area contributed by atoms with Gasteiger partial charge in [-0.25, -0.2) is 4.39 Å². The molecule has 0 saturated carbocycles. The van der Waals surface area contributed by atoms with Gasteiger partial charge in [0, 0.05) is 30.4 Å². The Morgan fingerprint density at radius 1 is 1.23 bits per heavy atom. The summed E-state index contributed by atoms with van der Waals surface area (Å²) in [6.07, 6.45) is 8.91. The number of hydrogen-bond acceptors (Lipinski definition) is 5. The summed E-state index contributed by atoms with van der Waals surface area (Å²) in [6, 6.07) is 7.99. The zero-order valence-electron chi connectivity index (χ0n) is 16.8. The van der Waals surface area contributed by atoms with E-state index in [-0.39, 0.29) is 5.65 Å². The van der Waals surface area contributed by atoms with Gasteiger partial charge in [0.15, 0.2) is 17.3 Å². The van der Waals surface area contributed by atoms with Crippen molar-refractivity contribution in [2.75, 3.05) is 0 Å². The van der Waals surface area contributed by atoms with Gasteiger partial charge in [0.2, 0.25) is 6.41 Å². The molecule has 31 heavy (non-hydrogen) atoms. The van der Waals surface area contributed by atoms with E-state index in [0.717, 1.165) is 11.3 Å². The van der Waals surface area contributed by atoms with E-state index in [2.05, 4.69) is 20.2 Å². The zero-order valence-corrected chi connectivity index (χ0v) is 17.5. The Labute approximate surface area is 182 Å². The lowest BCUT2D eigenvalue weighted by atomic mass is 10.2. The van der Waals surface area contributed by atoms with Crippen molar-refractivity contribution < 1.29 is 9.18 Å². The molecule has 1 amide bonds. The molecule has 156 valence electrons. The fourth-order valence-electron chi connectivity index (χ4n) is 3.16. The van der Waals surface area contributed by atoms with E-state index in [0.29, 0.717) is 28.5 Å². The van der Waals surface area contributed by atoms with Crippen LogP contribution in [0.3, 0.4) is 0 Å². The van der Waals surface area contributed by atoms with Crippen LogP contribution in [0.4, 0.5) is 4.39 Å². The maximum absolute atomic E-state index is 14.7. The van der Waals surface area contributed by atoms with Crippen LogP contribution in [0.2, 0.25) is 5.02 Å². The van der Waals surface area contributed by atoms with Crippen molar-refractivity contribution in [3.8, 4) is 11.3 Å². The molecule has 0 radical (unpaired) electrons. The molecule has 0 bridgehead atoms. The molecule has 0 saturated heterocycles. The standard InChI is InChI=1S/C22H18ClFN6O/c1-14-4-3-8-25-19(14)7-9-29(13-31)15(2)21-27-28-22-18(24)10-16(12-30(21)22)20-6-5-17(23)11-26-20/h3-13,15H,1-2H3/b9-7-. The van der Waals surface area contributed by atoms with Gasteiger partial charge in [-0.3, -0.25) is 19.2 Å². The number of amides is 1. The van der Waals surface area contributed by atoms with Crippen LogP contribution in [0.15, 0.2) is 55.1 Å². The molecule has 4 heterocycles. The lowest BCUT2D eigenvalue weighted by Crippen LogP contribution is -2.21. The van der Waals surface area contributed by atoms with E-state index < -0.39 is 11.9 Å². The number of nitrogens with zero attached hydrogens (tertiary/aromatic N) is 6. The predicted molar refractivity (Wildman–Crippen MR) is 116 cm³/mol. The maximum Gasteiger partial charge on any atom is 0.214 e. The van der Waals surface area contributed by atoms with Crippen LogP contribution < -0.4 is 0 Å². The SMILES string of the molecule is Cc1cccnc1/C=C\N(C=O)C(C)c1nnc2c(F)cc(-c3ccc(Cl)cn3)cn12. The number of pyridine rings is 3. The van der Waals surface area contributed by atoms with Gasteiger partial charge in [0.25, 0.3) is 0 Å². The first-order valence-electron chi connectivity index (χ1n) is 9.46. The Kier molecular flexibility index (Phi) is 5.73. The minimum Gasteiger partial charge on any atom is -0.311 e. The van der Waals surface area contributed by atoms with E-state index in [9.17, 15) is 9.18 Å². The highest BCUT2D eigenvalue weighted by Gasteiger charge is 2.21. The number of hydrogen-bond donors (Lipinski definition) is 0. The summed E-state index contributed by atoms with van der Waals surface area (Å²) < 4.78 is 16.2. The van der Waals surface area contributed by atoms with Crippen molar-refractivity contribution in [3.63, 3.8) is 0 Å². The summed E-state index contributed by atoms with van der Waals surface area (Å²) in [4.78, 5) is 21.7. The van der Waals surface area contributed by atoms with E-state index in [1.165, 1.54) is 21.6 Å². The number of aromatic nitrogens is 5. The molecule has 0 aliphatic rings. The summed E-state index contributed by atoms with van der Waals surface area (Å²) in [5, 5.41) is 8.57. The van der Waals surface area contributed by atoms with Crippen molar-refractivity contribution in [3.05, 3.63) is 83.0 Å². The first-order chi connectivity index (χ1) is 15.0. The topological polar surface area (TPSA) is 76.3 Å². The first kappa shape index (κ1) is 20.6. The van der Waals surface area contributed by atoms with E-state index >= 15 is 0 Å². The molecule has 0 aliphatic heterocycles. The minimum absolute atomic E-state index is 0.0648.